The van der Waals surface area contributed by atoms with Crippen molar-refractivity contribution in [3.8, 4) is 5.75 Å². The lowest BCUT2D eigenvalue weighted by atomic mass is 9.79. The standard InChI is InChI=1S/C14H20FNO/c1-2-17-13-6-5-11(9-12(13)15)14(10-16)7-3-4-8-14/h5-6,9H,2-4,7-8,10,16H2,1H3. The van der Waals surface area contributed by atoms with Crippen molar-refractivity contribution < 1.29 is 9.13 Å². The molecule has 0 spiro atoms. The Hall–Kier alpha value is -1.09. The molecule has 1 aliphatic carbocycles. The van der Waals surface area contributed by atoms with Gasteiger partial charge in [-0.25, -0.2) is 4.39 Å². The van der Waals surface area contributed by atoms with E-state index in [2.05, 4.69) is 0 Å². The Morgan fingerprint density at radius 3 is 2.59 bits per heavy atom. The smallest absolute Gasteiger partial charge is 0.165 e. The molecule has 0 saturated heterocycles. The van der Waals surface area contributed by atoms with Crippen molar-refractivity contribution in [3.63, 3.8) is 0 Å². The van der Waals surface area contributed by atoms with Gasteiger partial charge in [-0.1, -0.05) is 18.9 Å². The van der Waals surface area contributed by atoms with E-state index >= 15 is 0 Å². The van der Waals surface area contributed by atoms with Gasteiger partial charge in [0.25, 0.3) is 0 Å². The molecule has 2 N–H and O–H groups in total. The van der Waals surface area contributed by atoms with Crippen molar-refractivity contribution >= 4 is 0 Å². The highest BCUT2D eigenvalue weighted by molar-refractivity contribution is 5.35. The third-order valence-corrected chi connectivity index (χ3v) is 3.80. The summed E-state index contributed by atoms with van der Waals surface area (Å²) in [5, 5.41) is 0. The van der Waals surface area contributed by atoms with Gasteiger partial charge in [0.1, 0.15) is 0 Å². The molecule has 0 amide bonds. The Morgan fingerprint density at radius 2 is 2.06 bits per heavy atom. The number of halogens is 1. The first-order chi connectivity index (χ1) is 8.22. The average Bonchev–Trinajstić information content (AvgIpc) is 2.82. The molecule has 17 heavy (non-hydrogen) atoms. The fourth-order valence-electron chi connectivity index (χ4n) is 2.77. The van der Waals surface area contributed by atoms with E-state index in [9.17, 15) is 4.39 Å². The highest BCUT2D eigenvalue weighted by Gasteiger charge is 2.34. The molecule has 2 rings (SSSR count). The van der Waals surface area contributed by atoms with Crippen LogP contribution in [0.2, 0.25) is 0 Å². The molecule has 2 nitrogen and oxygen atoms in total. The monoisotopic (exact) mass is 237 g/mol. The van der Waals surface area contributed by atoms with Crippen LogP contribution in [0.15, 0.2) is 18.2 Å². The van der Waals surface area contributed by atoms with E-state index in [1.54, 1.807) is 12.1 Å². The van der Waals surface area contributed by atoms with Gasteiger partial charge >= 0.3 is 0 Å². The summed E-state index contributed by atoms with van der Waals surface area (Å²) in [7, 11) is 0. The van der Waals surface area contributed by atoms with Crippen LogP contribution in [0, 0.1) is 5.82 Å². The fraction of sp³-hybridized carbons (Fsp3) is 0.571. The second-order valence-corrected chi connectivity index (χ2v) is 4.77. The second kappa shape index (κ2) is 5.05. The zero-order valence-electron chi connectivity index (χ0n) is 10.3. The Morgan fingerprint density at radius 1 is 1.35 bits per heavy atom. The van der Waals surface area contributed by atoms with Crippen molar-refractivity contribution in [2.45, 2.75) is 38.0 Å². The van der Waals surface area contributed by atoms with Gasteiger partial charge < -0.3 is 10.5 Å². The maximum Gasteiger partial charge on any atom is 0.165 e. The normalized spacial score (nSPS) is 18.3. The van der Waals surface area contributed by atoms with Gasteiger partial charge in [0.05, 0.1) is 6.61 Å². The highest BCUT2D eigenvalue weighted by Crippen LogP contribution is 2.41. The lowest BCUT2D eigenvalue weighted by Crippen LogP contribution is -2.32. The average molecular weight is 237 g/mol. The van der Waals surface area contributed by atoms with Gasteiger partial charge in [0.15, 0.2) is 11.6 Å². The van der Waals surface area contributed by atoms with Crippen LogP contribution in [-0.2, 0) is 5.41 Å². The minimum atomic E-state index is -0.274. The van der Waals surface area contributed by atoms with Crippen molar-refractivity contribution in [2.24, 2.45) is 5.73 Å². The molecular weight excluding hydrogens is 217 g/mol. The summed E-state index contributed by atoms with van der Waals surface area (Å²) < 4.78 is 19.0. The molecule has 0 aliphatic heterocycles. The van der Waals surface area contributed by atoms with E-state index in [0.29, 0.717) is 18.9 Å². The first-order valence-electron chi connectivity index (χ1n) is 6.35. The van der Waals surface area contributed by atoms with Crippen LogP contribution in [0.4, 0.5) is 4.39 Å². The summed E-state index contributed by atoms with van der Waals surface area (Å²) >= 11 is 0. The lowest BCUT2D eigenvalue weighted by molar-refractivity contribution is 0.320. The molecule has 0 bridgehead atoms. The Labute approximate surface area is 102 Å². The van der Waals surface area contributed by atoms with Crippen molar-refractivity contribution in [3.05, 3.63) is 29.6 Å². The van der Waals surface area contributed by atoms with Gasteiger partial charge in [-0.05, 0) is 37.5 Å². The molecule has 0 aromatic heterocycles. The van der Waals surface area contributed by atoms with Crippen LogP contribution >= 0.6 is 0 Å². The first kappa shape index (κ1) is 12.4. The van der Waals surface area contributed by atoms with E-state index in [1.807, 2.05) is 13.0 Å². The zero-order valence-corrected chi connectivity index (χ0v) is 10.3. The van der Waals surface area contributed by atoms with Gasteiger partial charge in [-0.15, -0.1) is 0 Å². The third-order valence-electron chi connectivity index (χ3n) is 3.80. The number of ether oxygens (including phenoxy) is 1. The number of nitrogens with two attached hydrogens (primary N) is 1. The van der Waals surface area contributed by atoms with E-state index in [1.165, 1.54) is 12.8 Å². The van der Waals surface area contributed by atoms with Crippen LogP contribution in [0.5, 0.6) is 5.75 Å². The van der Waals surface area contributed by atoms with E-state index in [-0.39, 0.29) is 11.2 Å². The summed E-state index contributed by atoms with van der Waals surface area (Å²) in [5.74, 6) is 0.0606. The Balaban J connectivity index is 2.30. The number of hydrogen-bond donors (Lipinski definition) is 1. The van der Waals surface area contributed by atoms with E-state index in [4.69, 9.17) is 10.5 Å². The molecule has 0 radical (unpaired) electrons. The largest absolute Gasteiger partial charge is 0.491 e. The third kappa shape index (κ3) is 2.29. The van der Waals surface area contributed by atoms with Gasteiger partial charge in [0, 0.05) is 12.0 Å². The van der Waals surface area contributed by atoms with E-state index < -0.39 is 0 Å². The van der Waals surface area contributed by atoms with Gasteiger partial charge in [-0.3, -0.25) is 0 Å². The molecule has 0 heterocycles. The Kier molecular flexibility index (Phi) is 3.67. The topological polar surface area (TPSA) is 35.2 Å². The summed E-state index contributed by atoms with van der Waals surface area (Å²) in [6.45, 7) is 2.93. The molecule has 1 aromatic rings. The number of rotatable bonds is 4. The highest BCUT2D eigenvalue weighted by atomic mass is 19.1. The van der Waals surface area contributed by atoms with Crippen LogP contribution in [0.1, 0.15) is 38.2 Å². The van der Waals surface area contributed by atoms with Crippen molar-refractivity contribution in [2.75, 3.05) is 13.2 Å². The van der Waals surface area contributed by atoms with Gasteiger partial charge in [-0.2, -0.15) is 0 Å². The number of hydrogen-bond acceptors (Lipinski definition) is 2. The quantitative estimate of drug-likeness (QED) is 0.873. The predicted octanol–water partition coefficient (Wildman–Crippen LogP) is 2.99. The minimum absolute atomic E-state index is 0.00835. The minimum Gasteiger partial charge on any atom is -0.491 e. The maximum atomic E-state index is 13.8. The lowest BCUT2D eigenvalue weighted by Gasteiger charge is -2.28. The number of benzene rings is 1. The van der Waals surface area contributed by atoms with E-state index in [0.717, 1.165) is 18.4 Å². The SMILES string of the molecule is CCOc1ccc(C2(CN)CCCC2)cc1F. The molecule has 1 saturated carbocycles. The molecule has 94 valence electrons. The van der Waals surface area contributed by atoms with Crippen molar-refractivity contribution in [1.29, 1.82) is 0 Å². The van der Waals surface area contributed by atoms with Crippen LogP contribution in [0.25, 0.3) is 0 Å². The molecule has 1 aliphatic rings. The second-order valence-electron chi connectivity index (χ2n) is 4.77. The van der Waals surface area contributed by atoms with Crippen LogP contribution < -0.4 is 10.5 Å². The molecule has 1 aromatic carbocycles. The zero-order chi connectivity index (χ0) is 12.3. The molecule has 0 unspecified atom stereocenters. The summed E-state index contributed by atoms with van der Waals surface area (Å²) in [6.07, 6.45) is 4.51. The fourth-order valence-corrected chi connectivity index (χ4v) is 2.77. The first-order valence-corrected chi connectivity index (χ1v) is 6.35. The van der Waals surface area contributed by atoms with Crippen LogP contribution in [-0.4, -0.2) is 13.2 Å². The maximum absolute atomic E-state index is 13.8. The summed E-state index contributed by atoms with van der Waals surface area (Å²) in [6, 6.07) is 5.29. The molecular formula is C14H20FNO. The molecule has 0 atom stereocenters. The Bertz CT molecular complexity index is 386. The van der Waals surface area contributed by atoms with Crippen LogP contribution in [0.3, 0.4) is 0 Å². The van der Waals surface area contributed by atoms with Gasteiger partial charge in [0.2, 0.25) is 0 Å². The summed E-state index contributed by atoms with van der Waals surface area (Å²) in [4.78, 5) is 0. The molecule has 1 fully saturated rings. The summed E-state index contributed by atoms with van der Waals surface area (Å²) in [5.41, 5.74) is 6.91. The molecule has 3 heteroatoms. The van der Waals surface area contributed by atoms with Crippen molar-refractivity contribution in [1.82, 2.24) is 0 Å². The predicted molar refractivity (Wildman–Crippen MR) is 66.8 cm³/mol.